The second kappa shape index (κ2) is 6.12. The van der Waals surface area contributed by atoms with Gasteiger partial charge in [0.15, 0.2) is 0 Å². The van der Waals surface area contributed by atoms with Gasteiger partial charge in [0.1, 0.15) is 5.01 Å². The summed E-state index contributed by atoms with van der Waals surface area (Å²) in [6.07, 6.45) is 0. The van der Waals surface area contributed by atoms with Crippen LogP contribution in [-0.2, 0) is 6.54 Å². The van der Waals surface area contributed by atoms with Crippen LogP contribution >= 0.6 is 11.3 Å². The molecule has 1 saturated heterocycles. The molecule has 2 heterocycles. The molecule has 3 rings (SSSR count). The minimum atomic E-state index is -0.384. The van der Waals surface area contributed by atoms with Gasteiger partial charge in [0.05, 0.1) is 10.6 Å². The highest BCUT2D eigenvalue weighted by Crippen LogP contribution is 2.27. The smallest absolute Gasteiger partial charge is 0.270 e. The fourth-order valence-corrected chi connectivity index (χ4v) is 3.53. The number of hydrogen-bond acceptors (Lipinski definition) is 6. The number of likely N-dealkylation sites (tertiary alicyclic amines) is 1. The topological polar surface area (TPSA) is 85.3 Å². The molecule has 7 heteroatoms. The van der Waals surface area contributed by atoms with Gasteiger partial charge in [-0.3, -0.25) is 15.0 Å². The number of hydrogen-bond donors (Lipinski definition) is 1. The van der Waals surface area contributed by atoms with Crippen molar-refractivity contribution in [2.24, 2.45) is 11.7 Å². The number of benzene rings is 1. The molecule has 2 aromatic rings. The fourth-order valence-electron chi connectivity index (χ4n) is 2.72. The number of non-ortho nitro benzene ring substituents is 1. The summed E-state index contributed by atoms with van der Waals surface area (Å²) in [5.74, 6) is 0.509. The van der Waals surface area contributed by atoms with E-state index >= 15 is 0 Å². The van der Waals surface area contributed by atoms with Crippen LogP contribution in [0, 0.1) is 16.0 Å². The Hall–Kier alpha value is -1.83. The predicted molar refractivity (Wildman–Crippen MR) is 86.6 cm³/mol. The van der Waals surface area contributed by atoms with Gasteiger partial charge in [0, 0.05) is 48.8 Å². The minimum absolute atomic E-state index is 0.0913. The summed E-state index contributed by atoms with van der Waals surface area (Å²) >= 11 is 1.52. The minimum Gasteiger partial charge on any atom is -0.326 e. The van der Waals surface area contributed by atoms with Gasteiger partial charge in [-0.2, -0.15) is 0 Å². The molecule has 2 N–H and O–H groups in total. The van der Waals surface area contributed by atoms with Crippen LogP contribution in [0.25, 0.3) is 10.6 Å². The fraction of sp³-hybridized carbons (Fsp3) is 0.400. The lowest BCUT2D eigenvalue weighted by Gasteiger charge is -2.12. The van der Waals surface area contributed by atoms with Gasteiger partial charge in [0.2, 0.25) is 0 Å². The number of nitrogens with two attached hydrogens (primary N) is 1. The van der Waals surface area contributed by atoms with E-state index in [1.807, 2.05) is 11.4 Å². The van der Waals surface area contributed by atoms with Gasteiger partial charge < -0.3 is 5.73 Å². The van der Waals surface area contributed by atoms with Gasteiger partial charge in [-0.15, -0.1) is 11.3 Å². The van der Waals surface area contributed by atoms with Crippen molar-refractivity contribution in [1.29, 1.82) is 0 Å². The molecule has 1 aliphatic heterocycles. The maximum atomic E-state index is 10.9. The maximum Gasteiger partial charge on any atom is 0.270 e. The van der Waals surface area contributed by atoms with Crippen LogP contribution in [0.4, 0.5) is 5.69 Å². The quantitative estimate of drug-likeness (QED) is 0.691. The Morgan fingerprint density at radius 2 is 2.32 bits per heavy atom. The lowest BCUT2D eigenvalue weighted by Crippen LogP contribution is -2.28. The van der Waals surface area contributed by atoms with Crippen molar-refractivity contribution >= 4 is 17.0 Å². The highest BCUT2D eigenvalue weighted by molar-refractivity contribution is 7.13. The molecule has 1 fully saturated rings. The van der Waals surface area contributed by atoms with Crippen LogP contribution in [0.1, 0.15) is 12.6 Å². The van der Waals surface area contributed by atoms with Crippen molar-refractivity contribution in [3.05, 3.63) is 45.5 Å². The summed E-state index contributed by atoms with van der Waals surface area (Å²) in [7, 11) is 0. The van der Waals surface area contributed by atoms with Crippen LogP contribution in [0.3, 0.4) is 0 Å². The number of aromatic nitrogens is 1. The van der Waals surface area contributed by atoms with E-state index in [0.29, 0.717) is 5.92 Å². The van der Waals surface area contributed by atoms with Crippen LogP contribution in [0.5, 0.6) is 0 Å². The molecule has 2 atom stereocenters. The molecule has 0 spiro atoms. The Kier molecular flexibility index (Phi) is 4.19. The Balaban J connectivity index is 1.74. The molecular weight excluding hydrogens is 300 g/mol. The first-order chi connectivity index (χ1) is 10.5. The second-order valence-corrected chi connectivity index (χ2v) is 6.64. The highest BCUT2D eigenvalue weighted by atomic mass is 32.1. The molecular formula is C15H18N4O2S. The van der Waals surface area contributed by atoms with Crippen LogP contribution in [0.15, 0.2) is 29.6 Å². The third-order valence-corrected chi connectivity index (χ3v) is 4.93. The van der Waals surface area contributed by atoms with E-state index in [1.165, 1.54) is 17.4 Å². The SMILES string of the molecule is CC1CN(Cc2csc(-c3cccc([N+](=O)[O-])c3)n2)CC1N. The molecule has 116 valence electrons. The van der Waals surface area contributed by atoms with Gasteiger partial charge in [-0.05, 0) is 5.92 Å². The van der Waals surface area contributed by atoms with Crippen molar-refractivity contribution in [3.63, 3.8) is 0 Å². The predicted octanol–water partition coefficient (Wildman–Crippen LogP) is 2.50. The van der Waals surface area contributed by atoms with Crippen molar-refractivity contribution in [1.82, 2.24) is 9.88 Å². The van der Waals surface area contributed by atoms with Crippen molar-refractivity contribution < 1.29 is 4.92 Å². The van der Waals surface area contributed by atoms with Gasteiger partial charge >= 0.3 is 0 Å². The van der Waals surface area contributed by atoms with E-state index in [4.69, 9.17) is 5.73 Å². The molecule has 0 bridgehead atoms. The molecule has 1 aliphatic rings. The Morgan fingerprint density at radius 3 is 3.00 bits per heavy atom. The van der Waals surface area contributed by atoms with E-state index in [1.54, 1.807) is 12.1 Å². The molecule has 0 amide bonds. The van der Waals surface area contributed by atoms with Gasteiger partial charge in [0.25, 0.3) is 5.69 Å². The average molecular weight is 318 g/mol. The van der Waals surface area contributed by atoms with E-state index in [9.17, 15) is 10.1 Å². The molecule has 0 radical (unpaired) electrons. The first-order valence-corrected chi connectivity index (χ1v) is 8.08. The first kappa shape index (κ1) is 15.1. The summed E-state index contributed by atoms with van der Waals surface area (Å²) in [6.45, 7) is 4.83. The van der Waals surface area contributed by atoms with Crippen molar-refractivity contribution in [2.75, 3.05) is 13.1 Å². The number of nitro groups is 1. The van der Waals surface area contributed by atoms with E-state index in [0.717, 1.165) is 35.9 Å². The Labute approximate surface area is 132 Å². The second-order valence-electron chi connectivity index (χ2n) is 5.79. The standard InChI is InChI=1S/C15H18N4O2S/c1-10-6-18(8-14(10)16)7-12-9-22-15(17-12)11-3-2-4-13(5-11)19(20)21/h2-5,9-10,14H,6-8,16H2,1H3. The van der Waals surface area contributed by atoms with E-state index < -0.39 is 0 Å². The molecule has 0 aliphatic carbocycles. The lowest BCUT2D eigenvalue weighted by molar-refractivity contribution is -0.384. The number of nitrogens with zero attached hydrogens (tertiary/aromatic N) is 3. The van der Waals surface area contributed by atoms with Crippen LogP contribution < -0.4 is 5.73 Å². The largest absolute Gasteiger partial charge is 0.326 e. The van der Waals surface area contributed by atoms with Gasteiger partial charge in [-0.1, -0.05) is 19.1 Å². The maximum absolute atomic E-state index is 10.9. The Morgan fingerprint density at radius 1 is 1.50 bits per heavy atom. The summed E-state index contributed by atoms with van der Waals surface area (Å²) in [5, 5.41) is 13.7. The van der Waals surface area contributed by atoms with Crippen molar-refractivity contribution in [2.45, 2.75) is 19.5 Å². The molecule has 2 unspecified atom stereocenters. The molecule has 1 aromatic heterocycles. The summed E-state index contributed by atoms with van der Waals surface area (Å²) in [4.78, 5) is 17.4. The number of rotatable bonds is 4. The molecule has 22 heavy (non-hydrogen) atoms. The third kappa shape index (κ3) is 3.16. The van der Waals surface area contributed by atoms with E-state index in [2.05, 4.69) is 16.8 Å². The van der Waals surface area contributed by atoms with Crippen LogP contribution in [-0.4, -0.2) is 33.9 Å². The average Bonchev–Trinajstić information content (AvgIpc) is 3.07. The molecule has 0 saturated carbocycles. The summed E-state index contributed by atoms with van der Waals surface area (Å²) in [5.41, 5.74) is 7.91. The molecule has 1 aromatic carbocycles. The monoisotopic (exact) mass is 318 g/mol. The number of nitro benzene ring substituents is 1. The Bertz CT molecular complexity index is 678. The lowest BCUT2D eigenvalue weighted by atomic mass is 10.1. The zero-order valence-corrected chi connectivity index (χ0v) is 13.1. The number of thiazole rings is 1. The van der Waals surface area contributed by atoms with Crippen molar-refractivity contribution in [3.8, 4) is 10.6 Å². The normalized spacial score (nSPS) is 22.1. The molecule has 6 nitrogen and oxygen atoms in total. The first-order valence-electron chi connectivity index (χ1n) is 7.20. The summed E-state index contributed by atoms with van der Waals surface area (Å²) < 4.78 is 0. The zero-order chi connectivity index (χ0) is 15.7. The summed E-state index contributed by atoms with van der Waals surface area (Å²) in [6, 6.07) is 6.83. The van der Waals surface area contributed by atoms with Gasteiger partial charge in [-0.25, -0.2) is 4.98 Å². The van der Waals surface area contributed by atoms with Crippen LogP contribution in [0.2, 0.25) is 0 Å². The zero-order valence-electron chi connectivity index (χ0n) is 12.3. The highest BCUT2D eigenvalue weighted by Gasteiger charge is 2.26. The third-order valence-electron chi connectivity index (χ3n) is 3.99. The van der Waals surface area contributed by atoms with E-state index in [-0.39, 0.29) is 16.7 Å².